The number of aromatic nitrogens is 1. The van der Waals surface area contributed by atoms with Gasteiger partial charge in [0.25, 0.3) is 6.23 Å². The van der Waals surface area contributed by atoms with E-state index >= 15 is 0 Å². The molecule has 0 aromatic carbocycles. The van der Waals surface area contributed by atoms with Gasteiger partial charge in [-0.15, -0.1) is 0 Å². The third-order valence-corrected chi connectivity index (χ3v) is 3.90. The van der Waals surface area contributed by atoms with Gasteiger partial charge in [-0.2, -0.15) is 4.57 Å². The molecule has 2 heterocycles. The van der Waals surface area contributed by atoms with Crippen molar-refractivity contribution < 1.29 is 81.5 Å². The second kappa shape index (κ2) is 8.80. The number of aliphatic hydroxyl groups is 2. The summed E-state index contributed by atoms with van der Waals surface area (Å²) in [5, 5.41) is 30.3. The van der Waals surface area contributed by atoms with Gasteiger partial charge in [-0.1, -0.05) is 7.60 Å². The summed E-state index contributed by atoms with van der Waals surface area (Å²) < 4.78 is 17.0. The molecule has 0 amide bonds. The fourth-order valence-corrected chi connectivity index (χ4v) is 2.86. The maximum atomic E-state index is 10.8. The van der Waals surface area contributed by atoms with E-state index in [1.165, 1.54) is 18.3 Å². The van der Waals surface area contributed by atoms with Gasteiger partial charge in [0.2, 0.25) is 0 Å². The smallest absolute Gasteiger partial charge is 0.811 e. The summed E-state index contributed by atoms with van der Waals surface area (Å²) in [6.45, 7) is 0. The Bertz CT molecular complexity index is 597. The van der Waals surface area contributed by atoms with Crippen molar-refractivity contribution in [2.45, 2.75) is 24.5 Å². The molecule has 2 N–H and O–H groups in total. The zero-order valence-electron chi connectivity index (χ0n) is 12.6. The second-order valence-electron chi connectivity index (χ2n) is 4.67. The van der Waals surface area contributed by atoms with E-state index in [4.69, 9.17) is 4.74 Å². The SMILES string of the molecule is O=C([O-])c1ccc[n+]([C@@H]2O[C@H](CP(=O)([O-])[O-])[C@@H](O)[C@H]2O)c1.[Li+].[Li+]. The number of carbonyl (C=O) groups is 1. The molecular formula is C11H12Li2NO8P. The van der Waals surface area contributed by atoms with Gasteiger partial charge in [0.15, 0.2) is 18.5 Å². The number of pyridine rings is 1. The normalized spacial score (nSPS) is 27.0. The Labute approximate surface area is 155 Å². The van der Waals surface area contributed by atoms with Crippen LogP contribution in [0.2, 0.25) is 0 Å². The van der Waals surface area contributed by atoms with Crippen LogP contribution >= 0.6 is 7.60 Å². The molecule has 0 saturated carbocycles. The van der Waals surface area contributed by atoms with Gasteiger partial charge in [0.05, 0.1) is 17.6 Å². The molecule has 9 nitrogen and oxygen atoms in total. The van der Waals surface area contributed by atoms with Crippen molar-refractivity contribution in [1.29, 1.82) is 0 Å². The molecule has 0 aliphatic carbocycles. The maximum absolute atomic E-state index is 10.8. The average Bonchev–Trinajstić information content (AvgIpc) is 2.65. The van der Waals surface area contributed by atoms with Crippen LogP contribution in [0.5, 0.6) is 0 Å². The van der Waals surface area contributed by atoms with Crippen LogP contribution in [0.3, 0.4) is 0 Å². The average molecular weight is 331 g/mol. The molecule has 116 valence electrons. The summed E-state index contributed by atoms with van der Waals surface area (Å²) in [6.07, 6.45) is -4.19. The Kier molecular flexibility index (Phi) is 8.74. The van der Waals surface area contributed by atoms with Gasteiger partial charge in [-0.3, -0.25) is 0 Å². The predicted octanol–water partition coefficient (Wildman–Crippen LogP) is -10.1. The topological polar surface area (TPSA) is 157 Å². The largest absolute Gasteiger partial charge is 1.00 e. The summed E-state index contributed by atoms with van der Waals surface area (Å²) in [5.41, 5.74) is -0.190. The van der Waals surface area contributed by atoms with Crippen LogP contribution in [0.1, 0.15) is 16.6 Å². The second-order valence-corrected chi connectivity index (χ2v) is 6.25. The number of carboxylic acid groups (broad SMARTS) is 1. The van der Waals surface area contributed by atoms with Gasteiger partial charge in [0, 0.05) is 12.2 Å². The summed E-state index contributed by atoms with van der Waals surface area (Å²) in [6, 6.07) is 2.61. The van der Waals surface area contributed by atoms with Crippen LogP contribution in [0.25, 0.3) is 0 Å². The molecule has 23 heavy (non-hydrogen) atoms. The van der Waals surface area contributed by atoms with E-state index < -0.39 is 44.3 Å². The van der Waals surface area contributed by atoms with Crippen LogP contribution in [-0.2, 0) is 9.30 Å². The fourth-order valence-electron chi connectivity index (χ4n) is 2.12. The van der Waals surface area contributed by atoms with Crippen LogP contribution in [0, 0.1) is 0 Å². The molecule has 4 atom stereocenters. The van der Waals surface area contributed by atoms with E-state index in [0.717, 1.165) is 10.8 Å². The van der Waals surface area contributed by atoms with Crippen molar-refractivity contribution in [2.75, 3.05) is 6.16 Å². The number of ether oxygens (including phenoxy) is 1. The minimum atomic E-state index is -4.93. The fraction of sp³-hybridized carbons (Fsp3) is 0.455. The summed E-state index contributed by atoms with van der Waals surface area (Å²) in [5.74, 6) is -1.45. The number of hydrogen-bond acceptors (Lipinski definition) is 8. The first-order valence-corrected chi connectivity index (χ1v) is 7.66. The number of nitrogens with zero attached hydrogens (tertiary/aromatic N) is 1. The van der Waals surface area contributed by atoms with Crippen LogP contribution < -0.4 is 57.2 Å². The summed E-state index contributed by atoms with van der Waals surface area (Å²) >= 11 is 0. The van der Waals surface area contributed by atoms with Gasteiger partial charge in [0.1, 0.15) is 6.10 Å². The molecule has 1 saturated heterocycles. The van der Waals surface area contributed by atoms with Gasteiger partial charge < -0.3 is 39.2 Å². The molecule has 1 aromatic rings. The number of carbonyl (C=O) groups excluding carboxylic acids is 1. The van der Waals surface area contributed by atoms with Crippen molar-refractivity contribution in [2.24, 2.45) is 0 Å². The van der Waals surface area contributed by atoms with Crippen LogP contribution in [0.4, 0.5) is 0 Å². The van der Waals surface area contributed by atoms with Crippen molar-refractivity contribution >= 4 is 13.6 Å². The van der Waals surface area contributed by atoms with Gasteiger partial charge in [-0.05, 0) is 6.07 Å². The minimum Gasteiger partial charge on any atom is -0.811 e. The molecule has 0 radical (unpaired) electrons. The molecular weight excluding hydrogens is 319 g/mol. The maximum Gasteiger partial charge on any atom is 1.00 e. The molecule has 0 bridgehead atoms. The van der Waals surface area contributed by atoms with E-state index in [2.05, 4.69) is 0 Å². The predicted molar refractivity (Wildman–Crippen MR) is 59.4 cm³/mol. The number of hydrogen-bond donors (Lipinski definition) is 2. The third kappa shape index (κ3) is 5.70. The molecule has 1 aromatic heterocycles. The number of aromatic carboxylic acids is 1. The van der Waals surface area contributed by atoms with E-state index in [1.807, 2.05) is 0 Å². The first-order valence-electron chi connectivity index (χ1n) is 5.94. The first kappa shape index (κ1) is 22.8. The van der Waals surface area contributed by atoms with E-state index in [1.54, 1.807) is 0 Å². The third-order valence-electron chi connectivity index (χ3n) is 3.09. The van der Waals surface area contributed by atoms with Crippen molar-refractivity contribution in [3.63, 3.8) is 0 Å². The van der Waals surface area contributed by atoms with E-state index in [-0.39, 0.29) is 43.3 Å². The van der Waals surface area contributed by atoms with Crippen molar-refractivity contribution in [3.05, 3.63) is 30.1 Å². The van der Waals surface area contributed by atoms with Crippen LogP contribution in [-0.4, -0.2) is 40.7 Å². The summed E-state index contributed by atoms with van der Waals surface area (Å²) in [7, 11) is -4.93. The Hall–Kier alpha value is -0.155. The minimum absolute atomic E-state index is 0. The van der Waals surface area contributed by atoms with Gasteiger partial charge in [-0.25, -0.2) is 0 Å². The van der Waals surface area contributed by atoms with Crippen molar-refractivity contribution in [1.82, 2.24) is 0 Å². The molecule has 1 fully saturated rings. The molecule has 2 rings (SSSR count). The monoisotopic (exact) mass is 331 g/mol. The summed E-state index contributed by atoms with van der Waals surface area (Å²) in [4.78, 5) is 32.2. The quantitative estimate of drug-likeness (QED) is 0.313. The molecule has 1 aliphatic heterocycles. The first-order chi connectivity index (χ1) is 9.69. The number of aliphatic hydroxyl groups excluding tert-OH is 2. The molecule has 0 spiro atoms. The zero-order chi connectivity index (χ0) is 15.8. The van der Waals surface area contributed by atoms with Gasteiger partial charge >= 0.3 is 37.7 Å². The standard InChI is InChI=1S/C11H14NO8P.2Li/c13-8-7(5-21(17,18)19)20-10(9(8)14)12-3-1-2-6(4-12)11(15)16;;/h1-4,7-10,13-14H,5H2,(H2-,15,16,17,18,19);;/q;2*+1/p-2/t7-,8-,9-,10-;;/m1../s1. The Morgan fingerprint density at radius 2 is 1.91 bits per heavy atom. The Morgan fingerprint density at radius 3 is 2.43 bits per heavy atom. The Balaban J connectivity index is 0.00000242. The van der Waals surface area contributed by atoms with Crippen LogP contribution in [0.15, 0.2) is 24.5 Å². The Morgan fingerprint density at radius 1 is 1.30 bits per heavy atom. The number of rotatable bonds is 4. The molecule has 12 heteroatoms. The molecule has 1 aliphatic rings. The molecule has 0 unspecified atom stereocenters. The zero-order valence-corrected chi connectivity index (χ0v) is 13.5. The van der Waals surface area contributed by atoms with E-state index in [0.29, 0.717) is 0 Å². The number of carboxylic acids is 1. The van der Waals surface area contributed by atoms with Crippen molar-refractivity contribution in [3.8, 4) is 0 Å². The van der Waals surface area contributed by atoms with E-state index in [9.17, 15) is 34.5 Å².